The Kier molecular flexibility index (Phi) is 8.20. The number of hydrogen-bond donors (Lipinski definition) is 0. The highest BCUT2D eigenvalue weighted by atomic mass is 16.5. The predicted molar refractivity (Wildman–Crippen MR) is 60.5 cm³/mol. The molecule has 0 aliphatic heterocycles. The Bertz CT molecular complexity index is 123. The summed E-state index contributed by atoms with van der Waals surface area (Å²) in [6, 6.07) is 0. The molecule has 86 valence electrons. The van der Waals surface area contributed by atoms with Gasteiger partial charge in [-0.2, -0.15) is 0 Å². The Morgan fingerprint density at radius 1 is 1.00 bits per heavy atom. The van der Waals surface area contributed by atoms with E-state index in [-0.39, 0.29) is 0 Å². The molecule has 0 radical (unpaired) electrons. The first-order valence-corrected chi connectivity index (χ1v) is 5.63. The third kappa shape index (κ3) is 6.39. The van der Waals surface area contributed by atoms with Gasteiger partial charge in [-0.1, -0.05) is 27.2 Å². The lowest BCUT2D eigenvalue weighted by Crippen LogP contribution is -2.18. The normalized spacial score (nSPS) is 15.9. The van der Waals surface area contributed by atoms with Crippen LogP contribution < -0.4 is 0 Å². The van der Waals surface area contributed by atoms with Crippen LogP contribution in [-0.2, 0) is 9.47 Å². The zero-order chi connectivity index (χ0) is 11.0. The first kappa shape index (κ1) is 13.9. The van der Waals surface area contributed by atoms with E-state index in [4.69, 9.17) is 9.47 Å². The predicted octanol–water partition coefficient (Wildman–Crippen LogP) is 3.11. The number of rotatable bonds is 8. The number of ether oxygens (including phenoxy) is 2. The molecule has 0 aromatic rings. The van der Waals surface area contributed by atoms with Crippen LogP contribution in [0, 0.1) is 11.8 Å². The van der Waals surface area contributed by atoms with Gasteiger partial charge < -0.3 is 9.47 Å². The third-order valence-electron chi connectivity index (χ3n) is 2.68. The maximum Gasteiger partial charge on any atom is 0.0594 e. The molecule has 2 nitrogen and oxygen atoms in total. The lowest BCUT2D eigenvalue weighted by atomic mass is 9.98. The van der Waals surface area contributed by atoms with Crippen LogP contribution in [0.1, 0.15) is 40.0 Å². The quantitative estimate of drug-likeness (QED) is 0.602. The molecular formula is C12H26O2. The average molecular weight is 202 g/mol. The van der Waals surface area contributed by atoms with Gasteiger partial charge >= 0.3 is 0 Å². The second-order valence-electron chi connectivity index (χ2n) is 4.51. The molecule has 0 bridgehead atoms. The molecule has 0 aliphatic carbocycles. The highest BCUT2D eigenvalue weighted by Gasteiger charge is 2.12. The molecule has 0 aliphatic rings. The zero-order valence-electron chi connectivity index (χ0n) is 10.4. The molecule has 14 heavy (non-hydrogen) atoms. The van der Waals surface area contributed by atoms with Crippen molar-refractivity contribution < 1.29 is 9.47 Å². The van der Waals surface area contributed by atoms with Crippen LogP contribution in [0.2, 0.25) is 0 Å². The summed E-state index contributed by atoms with van der Waals surface area (Å²) in [5.74, 6) is 1.29. The van der Waals surface area contributed by atoms with Crippen molar-refractivity contribution in [3.05, 3.63) is 0 Å². The molecule has 0 spiro atoms. The van der Waals surface area contributed by atoms with E-state index < -0.39 is 0 Å². The zero-order valence-corrected chi connectivity index (χ0v) is 10.4. The van der Waals surface area contributed by atoms with Crippen LogP contribution in [-0.4, -0.2) is 26.9 Å². The van der Waals surface area contributed by atoms with E-state index in [0.29, 0.717) is 17.9 Å². The summed E-state index contributed by atoms with van der Waals surface area (Å²) < 4.78 is 10.5. The van der Waals surface area contributed by atoms with Gasteiger partial charge in [0.15, 0.2) is 0 Å². The fraction of sp³-hybridized carbons (Fsp3) is 1.00. The topological polar surface area (TPSA) is 18.5 Å². The lowest BCUT2D eigenvalue weighted by Gasteiger charge is -2.19. The van der Waals surface area contributed by atoms with Gasteiger partial charge in [-0.05, 0) is 24.7 Å². The molecule has 2 heteroatoms. The monoisotopic (exact) mass is 202 g/mol. The van der Waals surface area contributed by atoms with Crippen LogP contribution in [0.25, 0.3) is 0 Å². The number of hydrogen-bond acceptors (Lipinski definition) is 2. The molecule has 0 N–H and O–H groups in total. The summed E-state index contributed by atoms with van der Waals surface area (Å²) in [5, 5.41) is 0. The highest BCUT2D eigenvalue weighted by Crippen LogP contribution is 2.16. The second-order valence-corrected chi connectivity index (χ2v) is 4.51. The molecule has 0 amide bonds. The SMILES string of the molecule is COCC(C)CCCC(OC)C(C)C. The molecule has 0 rings (SSSR count). The van der Waals surface area contributed by atoms with E-state index in [1.54, 1.807) is 7.11 Å². The molecular weight excluding hydrogens is 176 g/mol. The molecule has 2 atom stereocenters. The van der Waals surface area contributed by atoms with Gasteiger partial charge in [0, 0.05) is 20.8 Å². The van der Waals surface area contributed by atoms with Gasteiger partial charge in [-0.3, -0.25) is 0 Å². The van der Waals surface area contributed by atoms with E-state index in [1.165, 1.54) is 19.3 Å². The summed E-state index contributed by atoms with van der Waals surface area (Å²) in [6.45, 7) is 7.54. The number of methoxy groups -OCH3 is 2. The fourth-order valence-electron chi connectivity index (χ4n) is 1.76. The smallest absolute Gasteiger partial charge is 0.0594 e. The van der Waals surface area contributed by atoms with Crippen molar-refractivity contribution in [2.24, 2.45) is 11.8 Å². The maximum absolute atomic E-state index is 5.42. The minimum absolute atomic E-state index is 0.421. The Morgan fingerprint density at radius 2 is 1.64 bits per heavy atom. The molecule has 0 aromatic heterocycles. The van der Waals surface area contributed by atoms with Gasteiger partial charge in [0.25, 0.3) is 0 Å². The highest BCUT2D eigenvalue weighted by molar-refractivity contribution is 4.63. The van der Waals surface area contributed by atoms with Gasteiger partial charge in [-0.15, -0.1) is 0 Å². The average Bonchev–Trinajstić information content (AvgIpc) is 2.12. The van der Waals surface area contributed by atoms with E-state index in [9.17, 15) is 0 Å². The lowest BCUT2D eigenvalue weighted by molar-refractivity contribution is 0.0539. The first-order valence-electron chi connectivity index (χ1n) is 5.63. The van der Waals surface area contributed by atoms with Gasteiger partial charge in [-0.25, -0.2) is 0 Å². The minimum atomic E-state index is 0.421. The van der Waals surface area contributed by atoms with Crippen molar-refractivity contribution in [2.45, 2.75) is 46.1 Å². The van der Waals surface area contributed by atoms with E-state index in [0.717, 1.165) is 6.61 Å². The summed E-state index contributed by atoms with van der Waals surface area (Å²) in [7, 11) is 3.58. The van der Waals surface area contributed by atoms with Crippen LogP contribution in [0.5, 0.6) is 0 Å². The van der Waals surface area contributed by atoms with Crippen molar-refractivity contribution in [1.82, 2.24) is 0 Å². The summed E-state index contributed by atoms with van der Waals surface area (Å²) in [4.78, 5) is 0. The van der Waals surface area contributed by atoms with Crippen LogP contribution in [0.15, 0.2) is 0 Å². The van der Waals surface area contributed by atoms with Crippen LogP contribution >= 0.6 is 0 Å². The molecule has 0 saturated heterocycles. The molecule has 0 saturated carbocycles. The Hall–Kier alpha value is -0.0800. The minimum Gasteiger partial charge on any atom is -0.384 e. The Labute approximate surface area is 89.0 Å². The third-order valence-corrected chi connectivity index (χ3v) is 2.68. The Balaban J connectivity index is 3.50. The van der Waals surface area contributed by atoms with Crippen molar-refractivity contribution in [1.29, 1.82) is 0 Å². The largest absolute Gasteiger partial charge is 0.384 e. The van der Waals surface area contributed by atoms with Gasteiger partial charge in [0.1, 0.15) is 0 Å². The van der Waals surface area contributed by atoms with E-state index >= 15 is 0 Å². The second kappa shape index (κ2) is 8.25. The summed E-state index contributed by atoms with van der Waals surface area (Å²) in [5.41, 5.74) is 0. The van der Waals surface area contributed by atoms with Crippen molar-refractivity contribution >= 4 is 0 Å². The Morgan fingerprint density at radius 3 is 2.07 bits per heavy atom. The van der Waals surface area contributed by atoms with E-state index in [1.807, 2.05) is 7.11 Å². The van der Waals surface area contributed by atoms with Crippen LogP contribution in [0.4, 0.5) is 0 Å². The van der Waals surface area contributed by atoms with Crippen LogP contribution in [0.3, 0.4) is 0 Å². The maximum atomic E-state index is 5.42. The molecule has 2 unspecified atom stereocenters. The molecule has 0 aromatic carbocycles. The molecule has 0 fully saturated rings. The van der Waals surface area contributed by atoms with E-state index in [2.05, 4.69) is 20.8 Å². The van der Waals surface area contributed by atoms with Crippen molar-refractivity contribution in [3.63, 3.8) is 0 Å². The van der Waals surface area contributed by atoms with Gasteiger partial charge in [0.2, 0.25) is 0 Å². The summed E-state index contributed by atoms with van der Waals surface area (Å²) in [6.07, 6.45) is 4.06. The first-order chi connectivity index (χ1) is 6.61. The van der Waals surface area contributed by atoms with Crippen molar-refractivity contribution in [3.8, 4) is 0 Å². The fourth-order valence-corrected chi connectivity index (χ4v) is 1.76. The van der Waals surface area contributed by atoms with Crippen molar-refractivity contribution in [2.75, 3.05) is 20.8 Å². The van der Waals surface area contributed by atoms with Gasteiger partial charge in [0.05, 0.1) is 6.10 Å². The molecule has 0 heterocycles. The summed E-state index contributed by atoms with van der Waals surface area (Å²) >= 11 is 0. The standard InChI is InChI=1S/C12H26O2/c1-10(2)12(14-5)8-6-7-11(3)9-13-4/h10-12H,6-9H2,1-5H3.